The Hall–Kier alpha value is -3.38. The SMILES string of the molecule is CC1(C)CC(NC(=O)c2ccccc2Cl)c2cc(C(=O)N3CCC4(CCCCC4)N3c3ccncc3)ccc21. The molecule has 1 saturated heterocycles. The van der Waals surface area contributed by atoms with Crippen molar-refractivity contribution in [2.75, 3.05) is 11.6 Å². The van der Waals surface area contributed by atoms with E-state index in [1.54, 1.807) is 24.5 Å². The zero-order valence-electron chi connectivity index (χ0n) is 22.6. The average Bonchev–Trinajstić information content (AvgIpc) is 3.42. The van der Waals surface area contributed by atoms with Crippen molar-refractivity contribution in [1.29, 1.82) is 0 Å². The fourth-order valence-electron chi connectivity index (χ4n) is 7.03. The maximum atomic E-state index is 14.2. The molecule has 1 atom stereocenters. The van der Waals surface area contributed by atoms with Gasteiger partial charge in [-0.05, 0) is 78.6 Å². The second-order valence-electron chi connectivity index (χ2n) is 11.9. The van der Waals surface area contributed by atoms with Crippen molar-refractivity contribution >= 4 is 29.1 Å². The number of benzene rings is 2. The molecule has 2 aromatic carbocycles. The summed E-state index contributed by atoms with van der Waals surface area (Å²) in [5.41, 5.74) is 4.14. The van der Waals surface area contributed by atoms with Crippen LogP contribution < -0.4 is 10.3 Å². The molecule has 1 saturated carbocycles. The van der Waals surface area contributed by atoms with E-state index < -0.39 is 0 Å². The summed E-state index contributed by atoms with van der Waals surface area (Å²) < 4.78 is 0. The minimum atomic E-state index is -0.203. The summed E-state index contributed by atoms with van der Waals surface area (Å²) in [4.78, 5) is 31.6. The number of anilines is 1. The van der Waals surface area contributed by atoms with Crippen LogP contribution in [0.2, 0.25) is 5.02 Å². The largest absolute Gasteiger partial charge is 0.345 e. The molecule has 2 amide bonds. The zero-order chi connectivity index (χ0) is 27.2. The average molecular weight is 543 g/mol. The van der Waals surface area contributed by atoms with Crippen LogP contribution in [0.3, 0.4) is 0 Å². The Morgan fingerprint density at radius 2 is 1.72 bits per heavy atom. The summed E-state index contributed by atoms with van der Waals surface area (Å²) in [7, 11) is 0. The summed E-state index contributed by atoms with van der Waals surface area (Å²) in [6, 6.07) is 16.9. The maximum absolute atomic E-state index is 14.2. The number of halogens is 1. The van der Waals surface area contributed by atoms with Crippen molar-refractivity contribution < 1.29 is 9.59 Å². The molecular formula is C32H35ClN4O2. The van der Waals surface area contributed by atoms with Gasteiger partial charge in [0, 0.05) is 24.5 Å². The lowest BCUT2D eigenvalue weighted by atomic mass is 9.79. The van der Waals surface area contributed by atoms with Crippen molar-refractivity contribution in [3.63, 3.8) is 0 Å². The van der Waals surface area contributed by atoms with E-state index in [-0.39, 0.29) is 28.8 Å². The Balaban J connectivity index is 1.32. The maximum Gasteiger partial charge on any atom is 0.272 e. The number of rotatable bonds is 4. The van der Waals surface area contributed by atoms with Crippen molar-refractivity contribution in [3.05, 3.63) is 94.3 Å². The van der Waals surface area contributed by atoms with Gasteiger partial charge in [0.25, 0.3) is 11.8 Å². The van der Waals surface area contributed by atoms with Crippen LogP contribution >= 0.6 is 11.6 Å². The number of amides is 2. The van der Waals surface area contributed by atoms with E-state index in [1.807, 2.05) is 41.4 Å². The van der Waals surface area contributed by atoms with Crippen LogP contribution in [0.15, 0.2) is 67.0 Å². The molecule has 1 spiro atoms. The van der Waals surface area contributed by atoms with Crippen LogP contribution in [-0.4, -0.2) is 33.9 Å². The van der Waals surface area contributed by atoms with Gasteiger partial charge < -0.3 is 5.32 Å². The number of aromatic nitrogens is 1. The van der Waals surface area contributed by atoms with E-state index in [2.05, 4.69) is 35.2 Å². The van der Waals surface area contributed by atoms with Gasteiger partial charge in [0.15, 0.2) is 0 Å². The predicted molar refractivity (Wildman–Crippen MR) is 154 cm³/mol. The molecule has 1 unspecified atom stereocenters. The second kappa shape index (κ2) is 9.98. The highest BCUT2D eigenvalue weighted by atomic mass is 35.5. The molecule has 3 aromatic rings. The Labute approximate surface area is 235 Å². The van der Waals surface area contributed by atoms with Crippen LogP contribution in [0.5, 0.6) is 0 Å². The summed E-state index contributed by atoms with van der Waals surface area (Å²) in [6.07, 6.45) is 11.1. The van der Waals surface area contributed by atoms with Gasteiger partial charge in [0.2, 0.25) is 0 Å². The minimum absolute atomic E-state index is 0.00190. The lowest BCUT2D eigenvalue weighted by Crippen LogP contribution is -2.53. The summed E-state index contributed by atoms with van der Waals surface area (Å²) in [5, 5.41) is 7.84. The molecule has 6 rings (SSSR count). The number of hydrazine groups is 1. The number of nitrogens with zero attached hydrogens (tertiary/aromatic N) is 3. The van der Waals surface area contributed by atoms with E-state index in [0.29, 0.717) is 22.7 Å². The van der Waals surface area contributed by atoms with Gasteiger partial charge in [-0.2, -0.15) is 0 Å². The number of carbonyl (C=O) groups is 2. The number of pyridine rings is 1. The van der Waals surface area contributed by atoms with Crippen molar-refractivity contribution in [2.45, 2.75) is 75.8 Å². The van der Waals surface area contributed by atoms with E-state index in [4.69, 9.17) is 11.6 Å². The van der Waals surface area contributed by atoms with Gasteiger partial charge in [-0.1, -0.05) is 62.9 Å². The summed E-state index contributed by atoms with van der Waals surface area (Å²) in [5.74, 6) is -0.202. The van der Waals surface area contributed by atoms with Crippen LogP contribution in [0.25, 0.3) is 0 Å². The first kappa shape index (κ1) is 25.9. The van der Waals surface area contributed by atoms with Gasteiger partial charge in [0.05, 0.1) is 27.9 Å². The molecule has 6 nitrogen and oxygen atoms in total. The molecule has 1 aromatic heterocycles. The highest BCUT2D eigenvalue weighted by Gasteiger charge is 2.48. The fraction of sp³-hybridized carbons (Fsp3) is 0.406. The predicted octanol–water partition coefficient (Wildman–Crippen LogP) is 6.86. The fourth-order valence-corrected chi connectivity index (χ4v) is 7.25. The van der Waals surface area contributed by atoms with Crippen LogP contribution in [0, 0.1) is 0 Å². The minimum Gasteiger partial charge on any atom is -0.345 e. The van der Waals surface area contributed by atoms with Crippen molar-refractivity contribution in [2.24, 2.45) is 0 Å². The normalized spacial score (nSPS) is 21.2. The summed E-state index contributed by atoms with van der Waals surface area (Å²) in [6.45, 7) is 5.07. The van der Waals surface area contributed by atoms with Crippen LogP contribution in [0.4, 0.5) is 5.69 Å². The van der Waals surface area contributed by atoms with Crippen molar-refractivity contribution in [3.8, 4) is 0 Å². The molecule has 2 aliphatic carbocycles. The number of carbonyl (C=O) groups excluding carboxylic acids is 2. The van der Waals surface area contributed by atoms with E-state index >= 15 is 0 Å². The molecule has 39 heavy (non-hydrogen) atoms. The van der Waals surface area contributed by atoms with Gasteiger partial charge in [-0.15, -0.1) is 0 Å². The van der Waals surface area contributed by atoms with E-state index in [9.17, 15) is 9.59 Å². The second-order valence-corrected chi connectivity index (χ2v) is 12.3. The smallest absolute Gasteiger partial charge is 0.272 e. The third-order valence-electron chi connectivity index (χ3n) is 8.95. The lowest BCUT2D eigenvalue weighted by Gasteiger charge is -2.45. The van der Waals surface area contributed by atoms with Gasteiger partial charge in [-0.3, -0.25) is 19.6 Å². The number of hydrogen-bond donors (Lipinski definition) is 1. The molecular weight excluding hydrogens is 508 g/mol. The third kappa shape index (κ3) is 4.59. The molecule has 202 valence electrons. The highest BCUT2D eigenvalue weighted by molar-refractivity contribution is 6.33. The highest BCUT2D eigenvalue weighted by Crippen LogP contribution is 2.47. The Kier molecular flexibility index (Phi) is 6.62. The Bertz CT molecular complexity index is 1400. The molecule has 0 radical (unpaired) electrons. The molecule has 2 fully saturated rings. The lowest BCUT2D eigenvalue weighted by molar-refractivity contribution is 0.0751. The van der Waals surface area contributed by atoms with E-state index in [1.165, 1.54) is 24.8 Å². The molecule has 2 heterocycles. The third-order valence-corrected chi connectivity index (χ3v) is 9.28. The number of nitrogens with one attached hydrogen (secondary N) is 1. The van der Waals surface area contributed by atoms with Crippen LogP contribution in [-0.2, 0) is 5.41 Å². The monoisotopic (exact) mass is 542 g/mol. The van der Waals surface area contributed by atoms with Crippen LogP contribution in [0.1, 0.15) is 96.7 Å². The topological polar surface area (TPSA) is 65.5 Å². The van der Waals surface area contributed by atoms with E-state index in [0.717, 1.165) is 36.9 Å². The quantitative estimate of drug-likeness (QED) is 0.391. The first-order valence-corrected chi connectivity index (χ1v) is 14.4. The molecule has 0 bridgehead atoms. The molecule has 1 N–H and O–H groups in total. The van der Waals surface area contributed by atoms with Gasteiger partial charge >= 0.3 is 0 Å². The number of fused-ring (bicyclic) bond motifs is 1. The molecule has 3 aliphatic rings. The standard InChI is InChI=1S/C32H35ClN4O2/c1-31(2)21-28(35-29(38)24-8-4-5-9-27(24)33)25-20-22(10-11-26(25)31)30(39)36-19-16-32(14-6-3-7-15-32)37(36)23-12-17-34-18-13-23/h4-5,8-13,17-18,20,28H,3,6-7,14-16,19,21H2,1-2H3,(H,35,38). The Morgan fingerprint density at radius 3 is 2.46 bits per heavy atom. The summed E-state index contributed by atoms with van der Waals surface area (Å²) >= 11 is 6.31. The van der Waals surface area contributed by atoms with Crippen molar-refractivity contribution in [1.82, 2.24) is 15.3 Å². The van der Waals surface area contributed by atoms with Gasteiger partial charge in [-0.25, -0.2) is 5.01 Å². The number of hydrogen-bond acceptors (Lipinski definition) is 4. The first-order chi connectivity index (χ1) is 18.8. The Morgan fingerprint density at radius 1 is 0.974 bits per heavy atom. The van der Waals surface area contributed by atoms with Gasteiger partial charge in [0.1, 0.15) is 0 Å². The zero-order valence-corrected chi connectivity index (χ0v) is 23.4. The first-order valence-electron chi connectivity index (χ1n) is 14.0. The molecule has 7 heteroatoms. The molecule has 1 aliphatic heterocycles.